The molecule has 0 fully saturated rings. The Balaban J connectivity index is 1.25. The minimum Gasteiger partial charge on any atom is -0.467 e. The number of benzene rings is 7. The average Bonchev–Trinajstić information content (AvgIpc) is 0.761. The molecule has 0 aliphatic heterocycles. The number of rotatable bonds is 38. The van der Waals surface area contributed by atoms with Gasteiger partial charge in [0.1, 0.15) is 53.9 Å². The first kappa shape index (κ1) is 77.9. The number of unbranched alkanes of at least 4 members (excludes halogenated alkanes) is 5. The van der Waals surface area contributed by atoms with E-state index in [-0.39, 0.29) is 31.3 Å². The van der Waals surface area contributed by atoms with Crippen LogP contribution in [0.5, 0.6) is 0 Å². The number of nitrogens with one attached hydrogen (secondary N) is 8. The molecular formula is C81H98N8O12. The first-order chi connectivity index (χ1) is 48.7. The minimum absolute atomic E-state index is 0.0901. The zero-order chi connectivity index (χ0) is 72.7. The highest BCUT2D eigenvalue weighted by atomic mass is 16.5. The van der Waals surface area contributed by atoms with E-state index in [1.165, 1.54) is 14.0 Å². The topological polar surface area (TPSA) is 289 Å². The SMILES string of the molecule is CCCCCCCC[C@@H](NC(=O)[C@@H](CC(C)C)NC(=O)[C@@H](NC(=O)[C@@H](CC(C)C)NC(=O)[C@@H](CC(=O)NC(c1ccccc1)(c1ccccc1)c1ccccc1)NC(=O)[C@H](CC(=O)NC(c1ccccc1)(c1ccccc1)c1ccccc1)NC(=O)OCc1ccccc1)[C@@H](C)O)C(=O)OC. The lowest BCUT2D eigenvalue weighted by Crippen LogP contribution is -2.62. The maximum absolute atomic E-state index is 15.5. The molecule has 8 amide bonds. The lowest BCUT2D eigenvalue weighted by molar-refractivity contribution is -0.145. The van der Waals surface area contributed by atoms with Gasteiger partial charge in [-0.3, -0.25) is 33.6 Å². The van der Waals surface area contributed by atoms with E-state index in [9.17, 15) is 29.1 Å². The maximum atomic E-state index is 15.5. The quantitative estimate of drug-likeness (QED) is 0.00993. The van der Waals surface area contributed by atoms with Gasteiger partial charge in [-0.1, -0.05) is 285 Å². The fraction of sp³-hybridized carbons (Fsp3) is 0.370. The van der Waals surface area contributed by atoms with E-state index in [1.807, 2.05) is 196 Å². The number of amides is 8. The number of ether oxygens (including phenoxy) is 2. The first-order valence-corrected chi connectivity index (χ1v) is 34.9. The third kappa shape index (κ3) is 22.5. The van der Waals surface area contributed by atoms with Crippen LogP contribution in [0.1, 0.15) is 151 Å². The number of hydrogen-bond donors (Lipinski definition) is 9. The van der Waals surface area contributed by atoms with Gasteiger partial charge in [-0.25, -0.2) is 9.59 Å². The van der Waals surface area contributed by atoms with Crippen molar-refractivity contribution in [3.05, 3.63) is 251 Å². The molecule has 0 aliphatic carbocycles. The molecule has 7 rings (SSSR count). The number of carbonyl (C=O) groups excluding carboxylic acids is 9. The van der Waals surface area contributed by atoms with Crippen molar-refractivity contribution in [2.45, 2.75) is 172 Å². The molecule has 0 aliphatic rings. The first-order valence-electron chi connectivity index (χ1n) is 34.9. The number of hydrogen-bond acceptors (Lipinski definition) is 12. The predicted octanol–water partition coefficient (Wildman–Crippen LogP) is 10.1. The molecule has 7 atom stereocenters. The average molecular weight is 1380 g/mol. The van der Waals surface area contributed by atoms with Crippen LogP contribution in [-0.4, -0.2) is 108 Å². The van der Waals surface area contributed by atoms with E-state index in [4.69, 9.17) is 9.47 Å². The van der Waals surface area contributed by atoms with Gasteiger partial charge in [-0.05, 0) is 77.0 Å². The van der Waals surface area contributed by atoms with Gasteiger partial charge in [0.2, 0.25) is 41.4 Å². The van der Waals surface area contributed by atoms with Crippen LogP contribution in [0.4, 0.5) is 4.79 Å². The molecule has 20 heteroatoms. The Bertz CT molecular complexity index is 3560. The van der Waals surface area contributed by atoms with Gasteiger partial charge in [0.25, 0.3) is 0 Å². The fourth-order valence-corrected chi connectivity index (χ4v) is 12.4. The minimum atomic E-state index is -1.89. The molecule has 0 saturated heterocycles. The molecule has 20 nitrogen and oxygen atoms in total. The maximum Gasteiger partial charge on any atom is 0.408 e. The molecule has 0 saturated carbocycles. The zero-order valence-corrected chi connectivity index (χ0v) is 58.8. The standard InChI is InChI=1S/C81H98N8O12/c1-8-9-10-11-12-34-49-65(78(98)100-7)82-73(93)66(50-55(2)3)85-77(97)72(57(6)90)87-76(96)67(51-56(4)5)83-74(94)68(52-70(91)88-80(59-37-22-14-23-38-59,60-39-24-15-25-40-60)61-41-26-16-27-42-61)84-75(95)69(86-79(99)101-54-58-35-20-13-21-36-58)53-71(92)89-81(62-43-28-17-29-44-62,63-45-30-18-31-46-63)64-47-32-19-33-48-64/h13-33,35-48,55-57,65-69,72,90H,8-12,34,49-54H2,1-7H3,(H,82,93)(H,83,94)(H,84,95)(H,85,97)(H,86,99)(H,87,96)(H,88,91)(H,89,92)/t57-,65-,66-,67-,68-,69+,72+/m1/s1. The van der Waals surface area contributed by atoms with E-state index < -0.39 is 120 Å². The molecule has 0 aromatic heterocycles. The van der Waals surface area contributed by atoms with Gasteiger partial charge < -0.3 is 57.1 Å². The Morgan fingerprint density at radius 2 is 0.703 bits per heavy atom. The molecular weight excluding hydrogens is 1280 g/mol. The molecule has 0 unspecified atom stereocenters. The van der Waals surface area contributed by atoms with Crippen molar-refractivity contribution < 1.29 is 57.7 Å². The van der Waals surface area contributed by atoms with E-state index in [1.54, 1.807) is 44.2 Å². The molecule has 7 aromatic rings. The Kier molecular flexibility index (Phi) is 30.3. The Hall–Kier alpha value is -10.5. The van der Waals surface area contributed by atoms with Crippen LogP contribution in [-0.2, 0) is 65.5 Å². The van der Waals surface area contributed by atoms with Gasteiger partial charge in [0.05, 0.1) is 26.1 Å². The van der Waals surface area contributed by atoms with E-state index in [2.05, 4.69) is 49.5 Å². The molecule has 7 aromatic carbocycles. The second-order valence-corrected chi connectivity index (χ2v) is 26.3. The predicted molar refractivity (Wildman–Crippen MR) is 388 cm³/mol. The second-order valence-electron chi connectivity index (χ2n) is 26.3. The highest BCUT2D eigenvalue weighted by Crippen LogP contribution is 2.39. The van der Waals surface area contributed by atoms with E-state index in [0.717, 1.165) is 32.1 Å². The highest BCUT2D eigenvalue weighted by Gasteiger charge is 2.43. The van der Waals surface area contributed by atoms with Gasteiger partial charge in [-0.2, -0.15) is 0 Å². The van der Waals surface area contributed by atoms with Crippen LogP contribution in [0.25, 0.3) is 0 Å². The van der Waals surface area contributed by atoms with E-state index >= 15 is 19.2 Å². The van der Waals surface area contributed by atoms with Crippen molar-refractivity contribution in [3.8, 4) is 0 Å². The summed E-state index contributed by atoms with van der Waals surface area (Å²) in [6, 6.07) is 54.8. The molecule has 101 heavy (non-hydrogen) atoms. The Morgan fingerprint density at radius 3 is 1.07 bits per heavy atom. The van der Waals surface area contributed by atoms with Crippen LogP contribution in [0, 0.1) is 11.8 Å². The third-order valence-corrected chi connectivity index (χ3v) is 17.5. The van der Waals surface area contributed by atoms with E-state index in [0.29, 0.717) is 51.8 Å². The Morgan fingerprint density at radius 1 is 0.386 bits per heavy atom. The van der Waals surface area contributed by atoms with Crippen molar-refractivity contribution in [1.82, 2.24) is 42.5 Å². The number of aliphatic hydroxyl groups is 1. The van der Waals surface area contributed by atoms with Crippen LogP contribution >= 0.6 is 0 Å². The monoisotopic (exact) mass is 1370 g/mol. The van der Waals surface area contributed by atoms with Gasteiger partial charge in [0, 0.05) is 0 Å². The molecule has 0 spiro atoms. The van der Waals surface area contributed by atoms with Crippen LogP contribution < -0.4 is 42.5 Å². The van der Waals surface area contributed by atoms with Crippen molar-refractivity contribution in [3.63, 3.8) is 0 Å². The van der Waals surface area contributed by atoms with Crippen LogP contribution in [0.15, 0.2) is 212 Å². The lowest BCUT2D eigenvalue weighted by Gasteiger charge is -2.37. The molecule has 0 heterocycles. The van der Waals surface area contributed by atoms with Gasteiger partial charge in [0.15, 0.2) is 0 Å². The summed E-state index contributed by atoms with van der Waals surface area (Å²) in [5, 5.41) is 33.8. The van der Waals surface area contributed by atoms with Gasteiger partial charge in [-0.15, -0.1) is 0 Å². The smallest absolute Gasteiger partial charge is 0.408 e. The van der Waals surface area contributed by atoms with Crippen LogP contribution in [0.3, 0.4) is 0 Å². The number of esters is 1. The molecule has 0 bridgehead atoms. The molecule has 0 radical (unpaired) electrons. The summed E-state index contributed by atoms with van der Waals surface area (Å²) in [5.41, 5.74) is 1.67. The summed E-state index contributed by atoms with van der Waals surface area (Å²) in [6.45, 7) is 10.4. The summed E-state index contributed by atoms with van der Waals surface area (Å²) < 4.78 is 10.7. The fourth-order valence-electron chi connectivity index (χ4n) is 12.4. The highest BCUT2D eigenvalue weighted by molar-refractivity contribution is 5.99. The second kappa shape index (κ2) is 39.4. The Labute approximate surface area is 593 Å². The summed E-state index contributed by atoms with van der Waals surface area (Å²) in [6.07, 6.45) is 1.68. The molecule has 9 N–H and O–H groups in total. The molecule has 534 valence electrons. The summed E-state index contributed by atoms with van der Waals surface area (Å²) in [5.74, 6) is -7.43. The number of aliphatic hydroxyl groups excluding tert-OH is 1. The third-order valence-electron chi connectivity index (χ3n) is 17.5. The number of methoxy groups -OCH3 is 1. The zero-order valence-electron chi connectivity index (χ0n) is 58.8. The number of carbonyl (C=O) groups is 9. The van der Waals surface area contributed by atoms with Gasteiger partial charge >= 0.3 is 12.1 Å². The normalized spacial score (nSPS) is 13.5. The summed E-state index contributed by atoms with van der Waals surface area (Å²) in [4.78, 5) is 132. The summed E-state index contributed by atoms with van der Waals surface area (Å²) >= 11 is 0. The summed E-state index contributed by atoms with van der Waals surface area (Å²) in [7, 11) is 1.23. The lowest BCUT2D eigenvalue weighted by atomic mass is 9.77. The largest absolute Gasteiger partial charge is 0.467 e. The van der Waals surface area contributed by atoms with Crippen LogP contribution in [0.2, 0.25) is 0 Å². The van der Waals surface area contributed by atoms with Crippen molar-refractivity contribution in [2.75, 3.05) is 7.11 Å². The van der Waals surface area contributed by atoms with Crippen molar-refractivity contribution >= 4 is 53.4 Å². The number of alkyl carbamates (subject to hydrolysis) is 1. The van der Waals surface area contributed by atoms with Crippen molar-refractivity contribution in [1.29, 1.82) is 0 Å². The van der Waals surface area contributed by atoms with Crippen molar-refractivity contribution in [2.24, 2.45) is 11.8 Å².